The van der Waals surface area contributed by atoms with Gasteiger partial charge in [-0.3, -0.25) is 4.90 Å². The summed E-state index contributed by atoms with van der Waals surface area (Å²) in [5.74, 6) is 1.08. The molecule has 2 rings (SSSR count). The van der Waals surface area contributed by atoms with Crippen LogP contribution in [0.5, 0.6) is 11.5 Å². The van der Waals surface area contributed by atoms with Crippen LogP contribution in [-0.4, -0.2) is 51.2 Å². The lowest BCUT2D eigenvalue weighted by Gasteiger charge is -2.34. The molecule has 1 atom stereocenters. The highest BCUT2D eigenvalue weighted by Crippen LogP contribution is 2.34. The van der Waals surface area contributed by atoms with E-state index in [4.69, 9.17) is 9.47 Å². The minimum atomic E-state index is -2.44. The zero-order valence-corrected chi connectivity index (χ0v) is 12.4. The van der Waals surface area contributed by atoms with Crippen LogP contribution in [0.3, 0.4) is 0 Å². The molecule has 1 aromatic rings. The Morgan fingerprint density at radius 2 is 1.95 bits per heavy atom. The summed E-state index contributed by atoms with van der Waals surface area (Å²) >= 11 is 0. The fraction of sp³-hybridized carbons (Fsp3) is 0.600. The Balaban J connectivity index is 2.28. The third-order valence-corrected chi connectivity index (χ3v) is 3.61. The molecule has 0 aromatic heterocycles. The molecule has 0 amide bonds. The Hall–Kier alpha value is -1.40. The lowest BCUT2D eigenvalue weighted by molar-refractivity contribution is 0.0180. The van der Waals surface area contributed by atoms with Gasteiger partial charge in [0.1, 0.15) is 0 Å². The summed E-state index contributed by atoms with van der Waals surface area (Å²) in [6.45, 7) is 5.02. The van der Waals surface area contributed by atoms with E-state index < -0.39 is 12.5 Å². The zero-order valence-electron chi connectivity index (χ0n) is 12.4. The quantitative estimate of drug-likeness (QED) is 0.874. The number of hydrogen-bond donors (Lipinski definition) is 1. The zero-order chi connectivity index (χ0) is 15.2. The summed E-state index contributed by atoms with van der Waals surface area (Å²) in [4.78, 5) is 1.82. The molecule has 21 heavy (non-hydrogen) atoms. The first-order chi connectivity index (χ1) is 10.2. The van der Waals surface area contributed by atoms with Crippen molar-refractivity contribution in [3.63, 3.8) is 0 Å². The maximum Gasteiger partial charge on any atom is 0.258 e. The van der Waals surface area contributed by atoms with Crippen molar-refractivity contribution in [2.45, 2.75) is 19.4 Å². The number of hydrogen-bond acceptors (Lipinski definition) is 4. The van der Waals surface area contributed by atoms with Crippen molar-refractivity contribution in [3.05, 3.63) is 23.8 Å². The van der Waals surface area contributed by atoms with Gasteiger partial charge in [0.25, 0.3) is 6.43 Å². The first-order valence-corrected chi connectivity index (χ1v) is 7.21. The van der Waals surface area contributed by atoms with Crippen LogP contribution in [0.4, 0.5) is 8.78 Å². The van der Waals surface area contributed by atoms with Gasteiger partial charge >= 0.3 is 0 Å². The molecule has 118 valence electrons. The summed E-state index contributed by atoms with van der Waals surface area (Å²) < 4.78 is 37.8. The van der Waals surface area contributed by atoms with Crippen molar-refractivity contribution in [1.82, 2.24) is 10.2 Å². The van der Waals surface area contributed by atoms with E-state index in [9.17, 15) is 8.78 Å². The van der Waals surface area contributed by atoms with Crippen LogP contribution >= 0.6 is 0 Å². The highest BCUT2D eigenvalue weighted by atomic mass is 19.3. The Bertz CT molecular complexity index is 451. The average molecular weight is 300 g/mol. The number of methoxy groups -OCH3 is 1. The van der Waals surface area contributed by atoms with Gasteiger partial charge in [0.15, 0.2) is 11.5 Å². The summed E-state index contributed by atoms with van der Waals surface area (Å²) in [6.07, 6.45) is -2.44. The molecule has 0 radical (unpaired) electrons. The highest BCUT2D eigenvalue weighted by molar-refractivity contribution is 5.44. The molecule has 1 fully saturated rings. The average Bonchev–Trinajstić information content (AvgIpc) is 2.49. The van der Waals surface area contributed by atoms with Crippen molar-refractivity contribution in [1.29, 1.82) is 0 Å². The first kappa shape index (κ1) is 16.0. The molecule has 4 nitrogen and oxygen atoms in total. The van der Waals surface area contributed by atoms with E-state index in [1.807, 2.05) is 11.8 Å². The third kappa shape index (κ3) is 3.83. The van der Waals surface area contributed by atoms with Gasteiger partial charge in [-0.25, -0.2) is 8.78 Å². The standard InChI is InChI=1S/C15H22F2N2O2/c1-3-21-13-10-11(4-5-12(13)20-2)14(15(16)17)19-8-6-18-7-9-19/h4-5,10,14-15,18H,3,6-9H2,1-2H3/t14-/m1/s1. The topological polar surface area (TPSA) is 33.7 Å². The van der Waals surface area contributed by atoms with E-state index in [2.05, 4.69) is 5.32 Å². The Kier molecular flexibility index (Phi) is 5.76. The fourth-order valence-corrected chi connectivity index (χ4v) is 2.62. The number of alkyl halides is 2. The first-order valence-electron chi connectivity index (χ1n) is 7.21. The van der Waals surface area contributed by atoms with Crippen LogP contribution in [0.1, 0.15) is 18.5 Å². The van der Waals surface area contributed by atoms with Gasteiger partial charge in [0, 0.05) is 26.2 Å². The number of ether oxygens (including phenoxy) is 2. The molecule has 0 saturated carbocycles. The number of benzene rings is 1. The summed E-state index contributed by atoms with van der Waals surface area (Å²) in [6, 6.07) is 4.15. The summed E-state index contributed by atoms with van der Waals surface area (Å²) in [5.41, 5.74) is 0.566. The normalized spacial score (nSPS) is 17.8. The van der Waals surface area contributed by atoms with Gasteiger partial charge in [-0.05, 0) is 24.6 Å². The second kappa shape index (κ2) is 7.56. The smallest absolute Gasteiger partial charge is 0.258 e. The molecular formula is C15H22F2N2O2. The van der Waals surface area contributed by atoms with E-state index in [0.717, 1.165) is 13.1 Å². The number of rotatable bonds is 6. The van der Waals surface area contributed by atoms with Crippen LogP contribution in [0.2, 0.25) is 0 Å². The molecule has 1 aliphatic heterocycles. The summed E-state index contributed by atoms with van der Waals surface area (Å²) in [7, 11) is 1.54. The molecule has 0 spiro atoms. The lowest BCUT2D eigenvalue weighted by atomic mass is 10.0. The predicted octanol–water partition coefficient (Wildman–Crippen LogP) is 2.31. The number of nitrogens with zero attached hydrogens (tertiary/aromatic N) is 1. The molecule has 0 unspecified atom stereocenters. The third-order valence-electron chi connectivity index (χ3n) is 3.61. The van der Waals surface area contributed by atoms with Crippen molar-refractivity contribution in [2.75, 3.05) is 39.9 Å². The molecule has 0 aliphatic carbocycles. The molecule has 1 saturated heterocycles. The number of nitrogens with one attached hydrogen (secondary N) is 1. The molecule has 0 bridgehead atoms. The second-order valence-electron chi connectivity index (χ2n) is 4.91. The number of halogens is 2. The van der Waals surface area contributed by atoms with Gasteiger partial charge in [0.05, 0.1) is 19.8 Å². The molecule has 1 N–H and O–H groups in total. The molecule has 6 heteroatoms. The van der Waals surface area contributed by atoms with E-state index in [1.54, 1.807) is 25.3 Å². The van der Waals surface area contributed by atoms with Crippen molar-refractivity contribution < 1.29 is 18.3 Å². The largest absolute Gasteiger partial charge is 0.493 e. The van der Waals surface area contributed by atoms with E-state index in [-0.39, 0.29) is 0 Å². The number of piperazine rings is 1. The lowest BCUT2D eigenvalue weighted by Crippen LogP contribution is -2.46. The summed E-state index contributed by atoms with van der Waals surface area (Å²) in [5, 5.41) is 3.18. The maximum absolute atomic E-state index is 13.5. The van der Waals surface area contributed by atoms with Crippen molar-refractivity contribution >= 4 is 0 Å². The minimum absolute atomic E-state index is 0.465. The van der Waals surface area contributed by atoms with Gasteiger partial charge in [0.2, 0.25) is 0 Å². The Morgan fingerprint density at radius 3 is 2.52 bits per heavy atom. The monoisotopic (exact) mass is 300 g/mol. The van der Waals surface area contributed by atoms with E-state index in [0.29, 0.717) is 36.8 Å². The molecule has 1 aromatic carbocycles. The van der Waals surface area contributed by atoms with Gasteiger partial charge in [-0.2, -0.15) is 0 Å². The maximum atomic E-state index is 13.5. The van der Waals surface area contributed by atoms with Crippen LogP contribution in [-0.2, 0) is 0 Å². The van der Waals surface area contributed by atoms with E-state index >= 15 is 0 Å². The minimum Gasteiger partial charge on any atom is -0.493 e. The highest BCUT2D eigenvalue weighted by Gasteiger charge is 2.30. The fourth-order valence-electron chi connectivity index (χ4n) is 2.62. The van der Waals surface area contributed by atoms with E-state index in [1.165, 1.54) is 0 Å². The van der Waals surface area contributed by atoms with Gasteiger partial charge < -0.3 is 14.8 Å². The Labute approximate surface area is 124 Å². The van der Waals surface area contributed by atoms with Crippen LogP contribution in [0.25, 0.3) is 0 Å². The second-order valence-corrected chi connectivity index (χ2v) is 4.91. The van der Waals surface area contributed by atoms with Crippen LogP contribution in [0, 0.1) is 0 Å². The van der Waals surface area contributed by atoms with Crippen molar-refractivity contribution in [3.8, 4) is 11.5 Å². The van der Waals surface area contributed by atoms with Crippen molar-refractivity contribution in [2.24, 2.45) is 0 Å². The van der Waals surface area contributed by atoms with Gasteiger partial charge in [-0.15, -0.1) is 0 Å². The predicted molar refractivity (Wildman–Crippen MR) is 77.4 cm³/mol. The van der Waals surface area contributed by atoms with Crippen LogP contribution < -0.4 is 14.8 Å². The van der Waals surface area contributed by atoms with Crippen LogP contribution in [0.15, 0.2) is 18.2 Å². The Morgan fingerprint density at radius 1 is 1.24 bits per heavy atom. The molecule has 1 aliphatic rings. The molecular weight excluding hydrogens is 278 g/mol. The molecule has 1 heterocycles. The van der Waals surface area contributed by atoms with Gasteiger partial charge in [-0.1, -0.05) is 6.07 Å². The SMILES string of the molecule is CCOc1cc([C@H](C(F)F)N2CCNCC2)ccc1OC.